The molecule has 136 valence electrons. The van der Waals surface area contributed by atoms with Gasteiger partial charge in [-0.3, -0.25) is 4.79 Å². The summed E-state index contributed by atoms with van der Waals surface area (Å²) >= 11 is 0. The van der Waals surface area contributed by atoms with Crippen LogP contribution in [0.1, 0.15) is 41.0 Å². The largest absolute Gasteiger partial charge is 0.424 e. The highest BCUT2D eigenvalue weighted by Crippen LogP contribution is 2.25. The SMILES string of the molecule is Cc1nnc(CN(C)C(=O)c2cnc3c(c2)ncn3C2CCOCC2)o1. The van der Waals surface area contributed by atoms with Gasteiger partial charge in [-0.15, -0.1) is 10.2 Å². The van der Waals surface area contributed by atoms with E-state index in [1.165, 1.54) is 4.90 Å². The zero-order valence-electron chi connectivity index (χ0n) is 14.8. The Morgan fingerprint density at radius 2 is 2.12 bits per heavy atom. The van der Waals surface area contributed by atoms with Crippen LogP contribution < -0.4 is 0 Å². The molecule has 0 aliphatic carbocycles. The first-order valence-corrected chi connectivity index (χ1v) is 8.56. The van der Waals surface area contributed by atoms with Gasteiger partial charge in [0.25, 0.3) is 5.91 Å². The lowest BCUT2D eigenvalue weighted by Gasteiger charge is -2.23. The normalized spacial score (nSPS) is 15.5. The Bertz CT molecular complexity index is 928. The van der Waals surface area contributed by atoms with Crippen LogP contribution in [0, 0.1) is 6.92 Å². The number of rotatable bonds is 4. The molecule has 4 heterocycles. The molecule has 3 aromatic rings. The van der Waals surface area contributed by atoms with Crippen LogP contribution in [0.2, 0.25) is 0 Å². The standard InChI is InChI=1S/C17H20N6O3/c1-11-20-21-15(26-11)9-22(2)17(24)12-7-14-16(18-8-12)23(10-19-14)13-3-5-25-6-4-13/h7-8,10,13H,3-6,9H2,1-2H3. The van der Waals surface area contributed by atoms with E-state index >= 15 is 0 Å². The molecule has 0 bridgehead atoms. The summed E-state index contributed by atoms with van der Waals surface area (Å²) in [5.41, 5.74) is 1.99. The lowest BCUT2D eigenvalue weighted by molar-refractivity contribution is 0.0704. The first kappa shape index (κ1) is 16.6. The Hall–Kier alpha value is -2.81. The summed E-state index contributed by atoms with van der Waals surface area (Å²) in [6.07, 6.45) is 5.28. The van der Waals surface area contributed by atoms with E-state index in [4.69, 9.17) is 9.15 Å². The monoisotopic (exact) mass is 356 g/mol. The van der Waals surface area contributed by atoms with Crippen LogP contribution in [-0.2, 0) is 11.3 Å². The molecule has 0 unspecified atom stereocenters. The number of imidazole rings is 1. The molecule has 3 aromatic heterocycles. The smallest absolute Gasteiger partial charge is 0.255 e. The van der Waals surface area contributed by atoms with E-state index in [0.717, 1.165) is 31.7 Å². The van der Waals surface area contributed by atoms with Crippen LogP contribution >= 0.6 is 0 Å². The minimum Gasteiger partial charge on any atom is -0.424 e. The molecular weight excluding hydrogens is 336 g/mol. The lowest BCUT2D eigenvalue weighted by atomic mass is 10.1. The fourth-order valence-electron chi connectivity index (χ4n) is 3.16. The molecule has 9 nitrogen and oxygen atoms in total. The molecule has 1 amide bonds. The molecule has 9 heteroatoms. The van der Waals surface area contributed by atoms with Crippen LogP contribution in [0.5, 0.6) is 0 Å². The lowest BCUT2D eigenvalue weighted by Crippen LogP contribution is -2.26. The van der Waals surface area contributed by atoms with E-state index in [9.17, 15) is 4.79 Å². The second kappa shape index (κ2) is 6.83. The third-order valence-electron chi connectivity index (χ3n) is 4.53. The van der Waals surface area contributed by atoms with Crippen molar-refractivity contribution in [3.8, 4) is 0 Å². The van der Waals surface area contributed by atoms with Gasteiger partial charge in [-0.25, -0.2) is 9.97 Å². The van der Waals surface area contributed by atoms with Crippen LogP contribution in [-0.4, -0.2) is 55.8 Å². The van der Waals surface area contributed by atoms with Crippen molar-refractivity contribution < 1.29 is 13.9 Å². The predicted molar refractivity (Wildman–Crippen MR) is 91.5 cm³/mol. The van der Waals surface area contributed by atoms with Crippen molar-refractivity contribution in [3.63, 3.8) is 0 Å². The molecule has 4 rings (SSSR count). The number of pyridine rings is 1. The van der Waals surface area contributed by atoms with Gasteiger partial charge in [0.15, 0.2) is 5.65 Å². The fraction of sp³-hybridized carbons (Fsp3) is 0.471. The van der Waals surface area contributed by atoms with Gasteiger partial charge in [0.05, 0.1) is 18.4 Å². The van der Waals surface area contributed by atoms with Gasteiger partial charge < -0.3 is 18.6 Å². The van der Waals surface area contributed by atoms with Gasteiger partial charge in [0.2, 0.25) is 11.8 Å². The summed E-state index contributed by atoms with van der Waals surface area (Å²) in [7, 11) is 1.69. The first-order chi connectivity index (χ1) is 12.6. The van der Waals surface area contributed by atoms with Crippen molar-refractivity contribution in [1.82, 2.24) is 29.6 Å². The maximum atomic E-state index is 12.7. The second-order valence-electron chi connectivity index (χ2n) is 6.44. The van der Waals surface area contributed by atoms with Crippen molar-refractivity contribution in [2.45, 2.75) is 32.4 Å². The summed E-state index contributed by atoms with van der Waals surface area (Å²) in [5, 5.41) is 7.69. The van der Waals surface area contributed by atoms with E-state index in [-0.39, 0.29) is 12.5 Å². The summed E-state index contributed by atoms with van der Waals surface area (Å²) < 4.78 is 12.8. The van der Waals surface area contributed by atoms with E-state index in [1.54, 1.807) is 32.6 Å². The van der Waals surface area contributed by atoms with Crippen molar-refractivity contribution >= 4 is 17.1 Å². The third-order valence-corrected chi connectivity index (χ3v) is 4.53. The van der Waals surface area contributed by atoms with Crippen LogP contribution in [0.25, 0.3) is 11.2 Å². The third kappa shape index (κ3) is 3.17. The maximum absolute atomic E-state index is 12.7. The number of carbonyl (C=O) groups excluding carboxylic acids is 1. The number of aryl methyl sites for hydroxylation is 1. The molecule has 0 radical (unpaired) electrons. The van der Waals surface area contributed by atoms with E-state index < -0.39 is 0 Å². The number of aromatic nitrogens is 5. The number of hydrogen-bond acceptors (Lipinski definition) is 7. The van der Waals surface area contributed by atoms with Gasteiger partial charge in [-0.2, -0.15) is 0 Å². The highest BCUT2D eigenvalue weighted by molar-refractivity contribution is 5.96. The molecule has 1 fully saturated rings. The molecule has 0 N–H and O–H groups in total. The second-order valence-corrected chi connectivity index (χ2v) is 6.44. The number of ether oxygens (including phenoxy) is 1. The summed E-state index contributed by atoms with van der Waals surface area (Å²) in [6, 6.07) is 2.11. The molecule has 0 aromatic carbocycles. The fourth-order valence-corrected chi connectivity index (χ4v) is 3.16. The summed E-state index contributed by atoms with van der Waals surface area (Å²) in [5.74, 6) is 0.703. The Labute approximate surface area is 150 Å². The maximum Gasteiger partial charge on any atom is 0.255 e. The zero-order valence-corrected chi connectivity index (χ0v) is 14.8. The number of amides is 1. The first-order valence-electron chi connectivity index (χ1n) is 8.56. The number of fused-ring (bicyclic) bond motifs is 1. The van der Waals surface area contributed by atoms with Gasteiger partial charge in [-0.05, 0) is 18.9 Å². The van der Waals surface area contributed by atoms with Gasteiger partial charge >= 0.3 is 0 Å². The zero-order chi connectivity index (χ0) is 18.1. The number of carbonyl (C=O) groups is 1. The molecular formula is C17H20N6O3. The van der Waals surface area contributed by atoms with Gasteiger partial charge in [0, 0.05) is 39.4 Å². The van der Waals surface area contributed by atoms with E-state index in [1.807, 2.05) is 0 Å². The highest BCUT2D eigenvalue weighted by atomic mass is 16.5. The number of hydrogen-bond donors (Lipinski definition) is 0. The number of nitrogens with zero attached hydrogens (tertiary/aromatic N) is 6. The van der Waals surface area contributed by atoms with Gasteiger partial charge in [-0.1, -0.05) is 0 Å². The average Bonchev–Trinajstić information content (AvgIpc) is 3.27. The molecule has 1 aliphatic rings. The average molecular weight is 356 g/mol. The molecule has 0 spiro atoms. The molecule has 0 atom stereocenters. The Morgan fingerprint density at radius 3 is 2.85 bits per heavy atom. The van der Waals surface area contributed by atoms with Crippen LogP contribution in [0.3, 0.4) is 0 Å². The predicted octanol–water partition coefficient (Wildman–Crippen LogP) is 1.75. The van der Waals surface area contributed by atoms with Crippen molar-refractivity contribution in [2.75, 3.05) is 20.3 Å². The van der Waals surface area contributed by atoms with Gasteiger partial charge in [0.1, 0.15) is 5.52 Å². The topological polar surface area (TPSA) is 99.2 Å². The van der Waals surface area contributed by atoms with E-state index in [2.05, 4.69) is 24.7 Å². The molecule has 26 heavy (non-hydrogen) atoms. The van der Waals surface area contributed by atoms with Crippen molar-refractivity contribution in [2.24, 2.45) is 0 Å². The minimum absolute atomic E-state index is 0.170. The summed E-state index contributed by atoms with van der Waals surface area (Å²) in [4.78, 5) is 23.1. The quantitative estimate of drug-likeness (QED) is 0.702. The summed E-state index contributed by atoms with van der Waals surface area (Å²) in [6.45, 7) is 3.46. The van der Waals surface area contributed by atoms with E-state index in [0.29, 0.717) is 28.9 Å². The van der Waals surface area contributed by atoms with Crippen LogP contribution in [0.15, 0.2) is 23.0 Å². The van der Waals surface area contributed by atoms with Crippen molar-refractivity contribution in [1.29, 1.82) is 0 Å². The van der Waals surface area contributed by atoms with Crippen LogP contribution in [0.4, 0.5) is 0 Å². The Balaban J connectivity index is 1.54. The molecule has 0 saturated carbocycles. The Kier molecular flexibility index (Phi) is 4.37. The molecule has 1 aliphatic heterocycles. The highest BCUT2D eigenvalue weighted by Gasteiger charge is 2.20. The molecule has 1 saturated heterocycles. The minimum atomic E-state index is -0.170. The Morgan fingerprint density at radius 1 is 1.31 bits per heavy atom. The van der Waals surface area contributed by atoms with Crippen molar-refractivity contribution in [3.05, 3.63) is 35.9 Å².